The van der Waals surface area contributed by atoms with Crippen LogP contribution in [0.25, 0.3) is 0 Å². The maximum Gasteiger partial charge on any atom is 0.225 e. The molecule has 0 fully saturated rings. The zero-order valence-corrected chi connectivity index (χ0v) is 11.0. The molecule has 0 radical (unpaired) electrons. The van der Waals surface area contributed by atoms with Crippen molar-refractivity contribution in [1.82, 2.24) is 9.97 Å². The van der Waals surface area contributed by atoms with Gasteiger partial charge in [0.2, 0.25) is 5.95 Å². The summed E-state index contributed by atoms with van der Waals surface area (Å²) in [5, 5.41) is 0.901. The minimum Gasteiger partial charge on any atom is -0.336 e. The topological polar surface area (TPSA) is 29.0 Å². The van der Waals surface area contributed by atoms with Crippen molar-refractivity contribution in [3.63, 3.8) is 0 Å². The summed E-state index contributed by atoms with van der Waals surface area (Å²) in [6.07, 6.45) is 3.54. The fourth-order valence-electron chi connectivity index (χ4n) is 1.61. The molecule has 3 nitrogen and oxygen atoms in total. The molecule has 0 aliphatic rings. The first-order valence-corrected chi connectivity index (χ1v) is 6.64. The molecule has 0 saturated heterocycles. The first kappa shape index (κ1) is 12.0. The molecule has 0 saturated carbocycles. The van der Waals surface area contributed by atoms with Crippen LogP contribution in [0.4, 0.5) is 5.95 Å². The van der Waals surface area contributed by atoms with Crippen molar-refractivity contribution in [3.05, 3.63) is 54.4 Å². The van der Waals surface area contributed by atoms with Gasteiger partial charge in [-0.2, -0.15) is 0 Å². The van der Waals surface area contributed by atoms with Gasteiger partial charge in [0.25, 0.3) is 0 Å². The summed E-state index contributed by atoms with van der Waals surface area (Å²) in [5.74, 6) is 0.774. The lowest BCUT2D eigenvalue weighted by atomic mass is 10.2. The summed E-state index contributed by atoms with van der Waals surface area (Å²) in [4.78, 5) is 10.7. The fourth-order valence-corrected chi connectivity index (χ4v) is 2.04. The summed E-state index contributed by atoms with van der Waals surface area (Å²) in [5.41, 5.74) is 1.26. The SMILES string of the molecule is BrCCN(Cc1ccccc1)c1ncccn1. The highest BCUT2D eigenvalue weighted by molar-refractivity contribution is 9.09. The third-order valence-corrected chi connectivity index (χ3v) is 2.76. The zero-order valence-electron chi connectivity index (χ0n) is 9.46. The average Bonchev–Trinajstić information content (AvgIpc) is 2.40. The molecule has 1 heterocycles. The Hall–Kier alpha value is -1.42. The van der Waals surface area contributed by atoms with Crippen molar-refractivity contribution in [1.29, 1.82) is 0 Å². The second-order valence-electron chi connectivity index (χ2n) is 3.64. The lowest BCUT2D eigenvalue weighted by Gasteiger charge is -2.21. The number of alkyl halides is 1. The average molecular weight is 292 g/mol. The first-order chi connectivity index (χ1) is 8.40. The van der Waals surface area contributed by atoms with Crippen LogP contribution in [0.5, 0.6) is 0 Å². The predicted octanol–water partition coefficient (Wildman–Crippen LogP) is 2.88. The van der Waals surface area contributed by atoms with E-state index in [1.54, 1.807) is 12.4 Å². The molecule has 2 aromatic rings. The summed E-state index contributed by atoms with van der Waals surface area (Å²) < 4.78 is 0. The van der Waals surface area contributed by atoms with Gasteiger partial charge in [-0.05, 0) is 11.6 Å². The summed E-state index contributed by atoms with van der Waals surface area (Å²) in [6.45, 7) is 1.72. The standard InChI is InChI=1S/C13H14BrN3/c14-7-10-17(13-15-8-4-9-16-13)11-12-5-2-1-3-6-12/h1-6,8-9H,7,10-11H2. The number of hydrogen-bond acceptors (Lipinski definition) is 3. The molecule has 0 aliphatic heterocycles. The quantitative estimate of drug-likeness (QED) is 0.793. The van der Waals surface area contributed by atoms with Crippen molar-refractivity contribution in [2.24, 2.45) is 0 Å². The molecule has 1 aromatic heterocycles. The monoisotopic (exact) mass is 291 g/mol. The van der Waals surface area contributed by atoms with Gasteiger partial charge in [-0.15, -0.1) is 0 Å². The number of nitrogens with zero attached hydrogens (tertiary/aromatic N) is 3. The highest BCUT2D eigenvalue weighted by atomic mass is 79.9. The van der Waals surface area contributed by atoms with Gasteiger partial charge >= 0.3 is 0 Å². The summed E-state index contributed by atoms with van der Waals surface area (Å²) in [6, 6.07) is 12.2. The van der Waals surface area contributed by atoms with Gasteiger partial charge in [0.15, 0.2) is 0 Å². The fraction of sp³-hybridized carbons (Fsp3) is 0.231. The lowest BCUT2D eigenvalue weighted by molar-refractivity contribution is 0.798. The maximum atomic E-state index is 4.29. The van der Waals surface area contributed by atoms with E-state index in [4.69, 9.17) is 0 Å². The van der Waals surface area contributed by atoms with Gasteiger partial charge in [0.1, 0.15) is 0 Å². The first-order valence-electron chi connectivity index (χ1n) is 5.52. The van der Waals surface area contributed by atoms with E-state index in [-0.39, 0.29) is 0 Å². The molecule has 1 aromatic carbocycles. The molecule has 0 unspecified atom stereocenters. The van der Waals surface area contributed by atoms with Crippen molar-refractivity contribution in [2.45, 2.75) is 6.54 Å². The summed E-state index contributed by atoms with van der Waals surface area (Å²) in [7, 11) is 0. The van der Waals surface area contributed by atoms with E-state index in [0.717, 1.165) is 24.4 Å². The van der Waals surface area contributed by atoms with E-state index in [1.165, 1.54) is 5.56 Å². The number of aromatic nitrogens is 2. The highest BCUT2D eigenvalue weighted by Gasteiger charge is 2.08. The predicted molar refractivity (Wildman–Crippen MR) is 73.3 cm³/mol. The molecule has 2 rings (SSSR count). The number of halogens is 1. The Balaban J connectivity index is 2.13. The molecule has 88 valence electrons. The Morgan fingerprint density at radius 3 is 2.35 bits per heavy atom. The highest BCUT2D eigenvalue weighted by Crippen LogP contribution is 2.11. The second-order valence-corrected chi connectivity index (χ2v) is 4.44. The van der Waals surface area contributed by atoms with Gasteiger partial charge < -0.3 is 4.90 Å². The number of benzene rings is 1. The third-order valence-electron chi connectivity index (χ3n) is 2.41. The van der Waals surface area contributed by atoms with Crippen molar-refractivity contribution < 1.29 is 0 Å². The van der Waals surface area contributed by atoms with Gasteiger partial charge in [0, 0.05) is 30.8 Å². The normalized spacial score (nSPS) is 10.2. The molecular formula is C13H14BrN3. The Morgan fingerprint density at radius 2 is 1.71 bits per heavy atom. The Morgan fingerprint density at radius 1 is 1.00 bits per heavy atom. The second kappa shape index (κ2) is 6.35. The lowest BCUT2D eigenvalue weighted by Crippen LogP contribution is -2.26. The van der Waals surface area contributed by atoms with Crippen molar-refractivity contribution in [2.75, 3.05) is 16.8 Å². The summed E-state index contributed by atoms with van der Waals surface area (Å²) >= 11 is 3.46. The molecule has 0 bridgehead atoms. The van der Waals surface area contributed by atoms with Crippen LogP contribution in [0.15, 0.2) is 48.8 Å². The van der Waals surface area contributed by atoms with Crippen LogP contribution in [0.1, 0.15) is 5.56 Å². The van der Waals surface area contributed by atoms with E-state index >= 15 is 0 Å². The molecular weight excluding hydrogens is 278 g/mol. The van der Waals surface area contributed by atoms with E-state index in [9.17, 15) is 0 Å². The zero-order chi connectivity index (χ0) is 11.9. The Kier molecular flexibility index (Phi) is 4.50. The Bertz CT molecular complexity index is 433. The van der Waals surface area contributed by atoms with Crippen molar-refractivity contribution in [3.8, 4) is 0 Å². The molecule has 0 N–H and O–H groups in total. The van der Waals surface area contributed by atoms with E-state index in [0.29, 0.717) is 0 Å². The van der Waals surface area contributed by atoms with Gasteiger partial charge in [-0.25, -0.2) is 9.97 Å². The van der Waals surface area contributed by atoms with Gasteiger partial charge in [-0.1, -0.05) is 46.3 Å². The molecule has 0 amide bonds. The smallest absolute Gasteiger partial charge is 0.225 e. The largest absolute Gasteiger partial charge is 0.336 e. The molecule has 0 spiro atoms. The molecule has 17 heavy (non-hydrogen) atoms. The maximum absolute atomic E-state index is 4.29. The minimum absolute atomic E-state index is 0.774. The van der Waals surface area contributed by atoms with Crippen LogP contribution in [0.2, 0.25) is 0 Å². The molecule has 0 atom stereocenters. The van der Waals surface area contributed by atoms with Crippen molar-refractivity contribution >= 4 is 21.9 Å². The number of hydrogen-bond donors (Lipinski definition) is 0. The Labute approximate surface area is 110 Å². The van der Waals surface area contributed by atoms with Crippen LogP contribution in [-0.4, -0.2) is 21.8 Å². The van der Waals surface area contributed by atoms with Crippen LogP contribution < -0.4 is 4.90 Å². The minimum atomic E-state index is 0.774. The van der Waals surface area contributed by atoms with Gasteiger partial charge in [0.05, 0.1) is 0 Å². The molecule has 0 aliphatic carbocycles. The molecule has 4 heteroatoms. The van der Waals surface area contributed by atoms with Crippen LogP contribution in [0.3, 0.4) is 0 Å². The van der Waals surface area contributed by atoms with E-state index in [1.807, 2.05) is 24.3 Å². The number of anilines is 1. The van der Waals surface area contributed by atoms with Gasteiger partial charge in [-0.3, -0.25) is 0 Å². The van der Waals surface area contributed by atoms with Crippen LogP contribution in [0, 0.1) is 0 Å². The van der Waals surface area contributed by atoms with E-state index < -0.39 is 0 Å². The van der Waals surface area contributed by atoms with Crippen LogP contribution >= 0.6 is 15.9 Å². The van der Waals surface area contributed by atoms with E-state index in [2.05, 4.69) is 42.9 Å². The van der Waals surface area contributed by atoms with Crippen LogP contribution in [-0.2, 0) is 6.54 Å². The number of rotatable bonds is 5. The third kappa shape index (κ3) is 3.53.